The number of nitrogens with zero attached hydrogens (tertiary/aromatic N) is 1. The first kappa shape index (κ1) is 13.9. The van der Waals surface area contributed by atoms with E-state index < -0.39 is 0 Å². The van der Waals surface area contributed by atoms with Crippen LogP contribution in [0.3, 0.4) is 0 Å². The van der Waals surface area contributed by atoms with Gasteiger partial charge in [0.15, 0.2) is 0 Å². The Balaban J connectivity index is 1.82. The molecule has 0 aliphatic carbocycles. The second-order valence-corrected chi connectivity index (χ2v) is 6.66. The van der Waals surface area contributed by atoms with Gasteiger partial charge >= 0.3 is 0 Å². The number of anilines is 1. The lowest BCUT2D eigenvalue weighted by atomic mass is 10.1. The van der Waals surface area contributed by atoms with E-state index in [1.165, 1.54) is 5.56 Å². The summed E-state index contributed by atoms with van der Waals surface area (Å²) in [7, 11) is 0. The van der Waals surface area contributed by atoms with E-state index in [0.717, 1.165) is 44.7 Å². The number of nitrogens with one attached hydrogen (secondary N) is 1. The zero-order valence-corrected chi connectivity index (χ0v) is 14.2. The molecule has 0 atom stereocenters. The van der Waals surface area contributed by atoms with Gasteiger partial charge < -0.3 is 10.1 Å². The van der Waals surface area contributed by atoms with Crippen molar-refractivity contribution in [2.45, 2.75) is 19.9 Å². The average Bonchev–Trinajstić information content (AvgIpc) is 2.85. The Morgan fingerprint density at radius 3 is 2.90 bits per heavy atom. The van der Waals surface area contributed by atoms with E-state index in [4.69, 9.17) is 4.74 Å². The minimum absolute atomic E-state index is 0.706. The van der Waals surface area contributed by atoms with Gasteiger partial charge in [0, 0.05) is 33.7 Å². The molecular weight excluding hydrogens is 384 g/mol. The van der Waals surface area contributed by atoms with E-state index in [1.807, 2.05) is 6.92 Å². The predicted molar refractivity (Wildman–Crippen MR) is 87.3 cm³/mol. The monoisotopic (exact) mass is 396 g/mol. The van der Waals surface area contributed by atoms with Crippen molar-refractivity contribution in [2.75, 3.05) is 11.9 Å². The van der Waals surface area contributed by atoms with Crippen molar-refractivity contribution in [3.63, 3.8) is 0 Å². The first-order valence-corrected chi connectivity index (χ1v) is 8.02. The summed E-state index contributed by atoms with van der Waals surface area (Å²) in [5, 5.41) is 3.38. The summed E-state index contributed by atoms with van der Waals surface area (Å²) in [4.78, 5) is 4.40. The van der Waals surface area contributed by atoms with Crippen molar-refractivity contribution in [1.29, 1.82) is 0 Å². The van der Waals surface area contributed by atoms with Gasteiger partial charge in [-0.25, -0.2) is 4.98 Å². The summed E-state index contributed by atoms with van der Waals surface area (Å²) >= 11 is 6.99. The highest BCUT2D eigenvalue weighted by molar-refractivity contribution is 9.10. The van der Waals surface area contributed by atoms with Gasteiger partial charge in [0.2, 0.25) is 0 Å². The fraction of sp³-hybridized carbons (Fsp3) is 0.267. The highest BCUT2D eigenvalue weighted by atomic mass is 79.9. The Kier molecular flexibility index (Phi) is 3.98. The van der Waals surface area contributed by atoms with Crippen LogP contribution in [0.2, 0.25) is 0 Å². The quantitative estimate of drug-likeness (QED) is 0.829. The van der Waals surface area contributed by atoms with E-state index in [1.54, 1.807) is 6.20 Å². The van der Waals surface area contributed by atoms with Crippen molar-refractivity contribution >= 4 is 37.7 Å². The van der Waals surface area contributed by atoms with Crippen molar-refractivity contribution < 1.29 is 4.74 Å². The zero-order valence-electron chi connectivity index (χ0n) is 11.0. The number of hydrogen-bond acceptors (Lipinski definition) is 3. The zero-order chi connectivity index (χ0) is 14.1. The summed E-state index contributed by atoms with van der Waals surface area (Å²) < 4.78 is 7.82. The molecule has 0 unspecified atom stereocenters. The van der Waals surface area contributed by atoms with Crippen LogP contribution in [-0.4, -0.2) is 11.6 Å². The summed E-state index contributed by atoms with van der Waals surface area (Å²) in [6.07, 6.45) is 2.79. The lowest BCUT2D eigenvalue weighted by Gasteiger charge is -2.12. The molecule has 2 heterocycles. The van der Waals surface area contributed by atoms with Gasteiger partial charge in [-0.2, -0.15) is 0 Å². The van der Waals surface area contributed by atoms with Crippen LogP contribution in [0.4, 0.5) is 5.82 Å². The molecule has 0 spiro atoms. The number of pyridine rings is 1. The van der Waals surface area contributed by atoms with Gasteiger partial charge in [0.1, 0.15) is 11.6 Å². The Hall–Kier alpha value is -1.07. The third-order valence-corrected chi connectivity index (χ3v) is 4.21. The molecule has 1 aromatic carbocycles. The normalized spacial score (nSPS) is 12.9. The van der Waals surface area contributed by atoms with Crippen LogP contribution in [0.5, 0.6) is 5.75 Å². The van der Waals surface area contributed by atoms with Crippen molar-refractivity contribution in [3.05, 3.63) is 50.0 Å². The molecular formula is C15H14Br2N2O. The summed E-state index contributed by atoms with van der Waals surface area (Å²) in [6.45, 7) is 3.52. The molecule has 0 saturated heterocycles. The molecule has 1 aliphatic heterocycles. The molecule has 3 nitrogen and oxygen atoms in total. The topological polar surface area (TPSA) is 34.2 Å². The number of halogens is 2. The Labute approximate surface area is 135 Å². The van der Waals surface area contributed by atoms with Crippen LogP contribution in [0, 0.1) is 6.92 Å². The largest absolute Gasteiger partial charge is 0.493 e. The summed E-state index contributed by atoms with van der Waals surface area (Å²) in [5.41, 5.74) is 3.56. The van der Waals surface area contributed by atoms with E-state index in [0.29, 0.717) is 6.54 Å². The van der Waals surface area contributed by atoms with Gasteiger partial charge in [-0.15, -0.1) is 0 Å². The van der Waals surface area contributed by atoms with Crippen molar-refractivity contribution in [2.24, 2.45) is 0 Å². The van der Waals surface area contributed by atoms with Crippen LogP contribution in [0.1, 0.15) is 16.7 Å². The fourth-order valence-corrected chi connectivity index (χ4v) is 3.38. The van der Waals surface area contributed by atoms with Crippen LogP contribution >= 0.6 is 31.9 Å². The third kappa shape index (κ3) is 2.83. The van der Waals surface area contributed by atoms with E-state index in [2.05, 4.69) is 60.4 Å². The molecule has 2 aromatic rings. The lowest BCUT2D eigenvalue weighted by Crippen LogP contribution is -2.04. The van der Waals surface area contributed by atoms with Gasteiger partial charge in [0.25, 0.3) is 0 Å². The van der Waals surface area contributed by atoms with Crippen molar-refractivity contribution in [1.82, 2.24) is 4.98 Å². The highest BCUT2D eigenvalue weighted by Gasteiger charge is 2.17. The number of hydrogen-bond donors (Lipinski definition) is 1. The molecule has 0 amide bonds. The summed E-state index contributed by atoms with van der Waals surface area (Å²) in [5.74, 6) is 1.93. The molecule has 0 bridgehead atoms. The molecule has 0 radical (unpaired) electrons. The van der Waals surface area contributed by atoms with Gasteiger partial charge in [-0.05, 0) is 52.2 Å². The maximum atomic E-state index is 5.73. The lowest BCUT2D eigenvalue weighted by molar-refractivity contribution is 0.354. The summed E-state index contributed by atoms with van der Waals surface area (Å²) in [6, 6.07) is 6.29. The maximum absolute atomic E-state index is 5.73. The average molecular weight is 398 g/mol. The standard InChI is InChI=1S/C15H14Br2N2O/c1-9-4-13(17)8-19-15(9)18-7-11-6-12(16)5-10-2-3-20-14(10)11/h4-6,8H,2-3,7H2,1H3,(H,18,19). The number of aromatic nitrogens is 1. The number of aryl methyl sites for hydroxylation is 1. The molecule has 1 aliphatic rings. The third-order valence-electron chi connectivity index (χ3n) is 3.32. The van der Waals surface area contributed by atoms with Crippen LogP contribution < -0.4 is 10.1 Å². The second kappa shape index (κ2) is 5.74. The number of fused-ring (bicyclic) bond motifs is 1. The second-order valence-electron chi connectivity index (χ2n) is 4.82. The number of benzene rings is 1. The first-order valence-electron chi connectivity index (χ1n) is 6.43. The van der Waals surface area contributed by atoms with Crippen LogP contribution in [-0.2, 0) is 13.0 Å². The Morgan fingerprint density at radius 1 is 1.25 bits per heavy atom. The molecule has 3 rings (SSSR count). The smallest absolute Gasteiger partial charge is 0.129 e. The molecule has 104 valence electrons. The highest BCUT2D eigenvalue weighted by Crippen LogP contribution is 2.33. The maximum Gasteiger partial charge on any atom is 0.129 e. The molecule has 5 heteroatoms. The molecule has 0 saturated carbocycles. The molecule has 1 aromatic heterocycles. The number of ether oxygens (including phenoxy) is 1. The number of rotatable bonds is 3. The predicted octanol–water partition coefficient (Wildman–Crippen LogP) is 4.46. The Morgan fingerprint density at radius 2 is 2.10 bits per heavy atom. The molecule has 20 heavy (non-hydrogen) atoms. The van der Waals surface area contributed by atoms with E-state index in [-0.39, 0.29) is 0 Å². The minimum atomic E-state index is 0.706. The van der Waals surface area contributed by atoms with Gasteiger partial charge in [-0.3, -0.25) is 0 Å². The van der Waals surface area contributed by atoms with E-state index >= 15 is 0 Å². The van der Waals surface area contributed by atoms with Crippen LogP contribution in [0.25, 0.3) is 0 Å². The first-order chi connectivity index (χ1) is 9.63. The van der Waals surface area contributed by atoms with Crippen molar-refractivity contribution in [3.8, 4) is 5.75 Å². The molecule has 1 N–H and O–H groups in total. The van der Waals surface area contributed by atoms with Gasteiger partial charge in [0.05, 0.1) is 6.61 Å². The SMILES string of the molecule is Cc1cc(Br)cnc1NCc1cc(Br)cc2c1OCC2. The molecule has 0 fully saturated rings. The Bertz CT molecular complexity index is 659. The van der Waals surface area contributed by atoms with Gasteiger partial charge in [-0.1, -0.05) is 15.9 Å². The fourth-order valence-electron chi connectivity index (χ4n) is 2.38. The van der Waals surface area contributed by atoms with Crippen LogP contribution in [0.15, 0.2) is 33.3 Å². The van der Waals surface area contributed by atoms with E-state index in [9.17, 15) is 0 Å². The minimum Gasteiger partial charge on any atom is -0.493 e.